The summed E-state index contributed by atoms with van der Waals surface area (Å²) in [5.41, 5.74) is 5.71. The van der Waals surface area contributed by atoms with Crippen molar-refractivity contribution in [2.45, 2.75) is 0 Å². The fourth-order valence-electron chi connectivity index (χ4n) is 1.35. The lowest BCUT2D eigenvalue weighted by Gasteiger charge is -2.05. The molecule has 0 aliphatic rings. The molecule has 1 aromatic carbocycles. The maximum atomic E-state index is 13.3. The van der Waals surface area contributed by atoms with Gasteiger partial charge in [0.15, 0.2) is 0 Å². The van der Waals surface area contributed by atoms with Crippen LogP contribution in [-0.4, -0.2) is 12.1 Å². The van der Waals surface area contributed by atoms with Crippen molar-refractivity contribution < 1.29 is 9.13 Å². The molecule has 2 N–H and O–H groups in total. The summed E-state index contributed by atoms with van der Waals surface area (Å²) in [6.45, 7) is 0. The number of methoxy groups -OCH3 is 1. The van der Waals surface area contributed by atoms with Crippen LogP contribution in [0.25, 0.3) is 10.9 Å². The molecule has 2 aromatic rings. The Labute approximate surface area is 80.3 Å². The third kappa shape index (κ3) is 1.25. The Kier molecular flexibility index (Phi) is 1.96. The van der Waals surface area contributed by atoms with E-state index in [9.17, 15) is 4.39 Å². The number of ether oxygens (including phenoxy) is 1. The van der Waals surface area contributed by atoms with Crippen LogP contribution in [0.5, 0.6) is 5.75 Å². The van der Waals surface area contributed by atoms with Gasteiger partial charge in [0.2, 0.25) is 0 Å². The second kappa shape index (κ2) is 3.14. The lowest BCUT2D eigenvalue weighted by atomic mass is 10.2. The lowest BCUT2D eigenvalue weighted by Crippen LogP contribution is -1.94. The van der Waals surface area contributed by atoms with Crippen LogP contribution in [0.2, 0.25) is 0 Å². The SMILES string of the molecule is COc1ccc(F)c2nc(N)ccc12. The average Bonchev–Trinajstić information content (AvgIpc) is 2.19. The van der Waals surface area contributed by atoms with E-state index in [2.05, 4.69) is 4.98 Å². The van der Waals surface area contributed by atoms with Crippen LogP contribution in [0, 0.1) is 5.82 Å². The van der Waals surface area contributed by atoms with E-state index in [1.807, 2.05) is 0 Å². The minimum atomic E-state index is -0.395. The van der Waals surface area contributed by atoms with E-state index in [1.165, 1.54) is 13.2 Å². The summed E-state index contributed by atoms with van der Waals surface area (Å²) in [6.07, 6.45) is 0. The lowest BCUT2D eigenvalue weighted by molar-refractivity contribution is 0.419. The standard InChI is InChI=1S/C10H9FN2O/c1-14-8-4-3-7(11)10-6(8)2-5-9(12)13-10/h2-5H,1H3,(H2,12,13). The number of benzene rings is 1. The van der Waals surface area contributed by atoms with E-state index in [0.29, 0.717) is 17.0 Å². The second-order valence-corrected chi connectivity index (χ2v) is 2.88. The summed E-state index contributed by atoms with van der Waals surface area (Å²) >= 11 is 0. The molecule has 14 heavy (non-hydrogen) atoms. The van der Waals surface area contributed by atoms with Crippen molar-refractivity contribution in [2.75, 3.05) is 12.8 Å². The predicted octanol–water partition coefficient (Wildman–Crippen LogP) is 1.96. The first-order chi connectivity index (χ1) is 6.72. The normalized spacial score (nSPS) is 10.4. The maximum absolute atomic E-state index is 13.3. The molecular weight excluding hydrogens is 183 g/mol. The molecule has 0 radical (unpaired) electrons. The molecule has 4 heteroatoms. The molecule has 0 fully saturated rings. The van der Waals surface area contributed by atoms with Crippen LogP contribution in [0.3, 0.4) is 0 Å². The van der Waals surface area contributed by atoms with Gasteiger partial charge in [0.05, 0.1) is 7.11 Å². The van der Waals surface area contributed by atoms with Crippen LogP contribution < -0.4 is 10.5 Å². The van der Waals surface area contributed by atoms with Gasteiger partial charge in [-0.15, -0.1) is 0 Å². The van der Waals surface area contributed by atoms with E-state index in [0.717, 1.165) is 0 Å². The molecule has 0 bridgehead atoms. The quantitative estimate of drug-likeness (QED) is 0.751. The van der Waals surface area contributed by atoms with Gasteiger partial charge in [0, 0.05) is 5.39 Å². The van der Waals surface area contributed by atoms with Crippen LogP contribution in [0.15, 0.2) is 24.3 Å². The Morgan fingerprint density at radius 3 is 2.79 bits per heavy atom. The largest absolute Gasteiger partial charge is 0.496 e. The molecular formula is C10H9FN2O. The third-order valence-electron chi connectivity index (χ3n) is 2.01. The summed E-state index contributed by atoms with van der Waals surface area (Å²) in [7, 11) is 1.53. The average molecular weight is 192 g/mol. The predicted molar refractivity (Wildman–Crippen MR) is 52.7 cm³/mol. The van der Waals surface area contributed by atoms with E-state index in [1.54, 1.807) is 18.2 Å². The molecule has 72 valence electrons. The van der Waals surface area contributed by atoms with Crippen molar-refractivity contribution in [1.82, 2.24) is 4.98 Å². The van der Waals surface area contributed by atoms with Crippen LogP contribution in [0.1, 0.15) is 0 Å². The Morgan fingerprint density at radius 1 is 1.29 bits per heavy atom. The molecule has 0 aliphatic carbocycles. The van der Waals surface area contributed by atoms with Gasteiger partial charge in [0.1, 0.15) is 22.9 Å². The number of fused-ring (bicyclic) bond motifs is 1. The number of rotatable bonds is 1. The Morgan fingerprint density at radius 2 is 2.07 bits per heavy atom. The van der Waals surface area contributed by atoms with E-state index in [4.69, 9.17) is 10.5 Å². The smallest absolute Gasteiger partial charge is 0.149 e. The molecule has 1 heterocycles. The minimum absolute atomic E-state index is 0.240. The summed E-state index contributed by atoms with van der Waals surface area (Å²) in [5.74, 6) is 0.492. The first-order valence-electron chi connectivity index (χ1n) is 4.11. The number of hydrogen-bond donors (Lipinski definition) is 1. The first kappa shape index (κ1) is 8.74. The van der Waals surface area contributed by atoms with Crippen LogP contribution in [-0.2, 0) is 0 Å². The molecule has 0 unspecified atom stereocenters. The number of halogens is 1. The number of hydrogen-bond acceptors (Lipinski definition) is 3. The van der Waals surface area contributed by atoms with Crippen LogP contribution >= 0.6 is 0 Å². The van der Waals surface area contributed by atoms with Gasteiger partial charge in [-0.25, -0.2) is 9.37 Å². The van der Waals surface area contributed by atoms with Crippen molar-refractivity contribution in [3.63, 3.8) is 0 Å². The molecule has 0 saturated heterocycles. The van der Waals surface area contributed by atoms with Crippen LogP contribution in [0.4, 0.5) is 10.2 Å². The zero-order valence-corrected chi connectivity index (χ0v) is 7.62. The van der Waals surface area contributed by atoms with E-state index < -0.39 is 5.82 Å². The molecule has 2 rings (SSSR count). The number of nitrogens with two attached hydrogens (primary N) is 1. The molecule has 1 aromatic heterocycles. The molecule has 0 spiro atoms. The first-order valence-corrected chi connectivity index (χ1v) is 4.11. The summed E-state index contributed by atoms with van der Waals surface area (Å²) in [4.78, 5) is 3.91. The highest BCUT2D eigenvalue weighted by Gasteiger charge is 2.07. The highest BCUT2D eigenvalue weighted by Crippen LogP contribution is 2.26. The van der Waals surface area contributed by atoms with Gasteiger partial charge in [-0.3, -0.25) is 0 Å². The van der Waals surface area contributed by atoms with Gasteiger partial charge in [0.25, 0.3) is 0 Å². The Bertz CT molecular complexity index is 485. The zero-order chi connectivity index (χ0) is 10.1. The number of nitrogen functional groups attached to an aromatic ring is 1. The number of nitrogens with zero attached hydrogens (tertiary/aromatic N) is 1. The maximum Gasteiger partial charge on any atom is 0.149 e. The van der Waals surface area contributed by atoms with Gasteiger partial charge < -0.3 is 10.5 Å². The number of aromatic nitrogens is 1. The van der Waals surface area contributed by atoms with Crippen molar-refractivity contribution in [2.24, 2.45) is 0 Å². The van der Waals surface area contributed by atoms with Gasteiger partial charge in [-0.2, -0.15) is 0 Å². The minimum Gasteiger partial charge on any atom is -0.496 e. The second-order valence-electron chi connectivity index (χ2n) is 2.88. The van der Waals surface area contributed by atoms with E-state index in [-0.39, 0.29) is 5.52 Å². The molecule has 3 nitrogen and oxygen atoms in total. The van der Waals surface area contributed by atoms with Crippen molar-refractivity contribution in [3.8, 4) is 5.75 Å². The van der Waals surface area contributed by atoms with Gasteiger partial charge >= 0.3 is 0 Å². The van der Waals surface area contributed by atoms with E-state index >= 15 is 0 Å². The highest BCUT2D eigenvalue weighted by atomic mass is 19.1. The Hall–Kier alpha value is -1.84. The van der Waals surface area contributed by atoms with Gasteiger partial charge in [-0.1, -0.05) is 0 Å². The third-order valence-corrected chi connectivity index (χ3v) is 2.01. The molecule has 0 atom stereocenters. The monoisotopic (exact) mass is 192 g/mol. The summed E-state index contributed by atoms with van der Waals surface area (Å²) in [5, 5.41) is 0.627. The number of anilines is 1. The summed E-state index contributed by atoms with van der Waals surface area (Å²) < 4.78 is 18.4. The zero-order valence-electron chi connectivity index (χ0n) is 7.62. The van der Waals surface area contributed by atoms with Crippen molar-refractivity contribution in [3.05, 3.63) is 30.1 Å². The fraction of sp³-hybridized carbons (Fsp3) is 0.100. The van der Waals surface area contributed by atoms with Crippen molar-refractivity contribution >= 4 is 16.7 Å². The highest BCUT2D eigenvalue weighted by molar-refractivity contribution is 5.86. The Balaban J connectivity index is 2.84. The number of pyridine rings is 1. The molecule has 0 aliphatic heterocycles. The summed E-state index contributed by atoms with van der Waals surface area (Å²) in [6, 6.07) is 6.19. The van der Waals surface area contributed by atoms with Gasteiger partial charge in [-0.05, 0) is 24.3 Å². The molecule has 0 saturated carbocycles. The fourth-order valence-corrected chi connectivity index (χ4v) is 1.35. The topological polar surface area (TPSA) is 48.1 Å². The molecule has 0 amide bonds. The van der Waals surface area contributed by atoms with Crippen molar-refractivity contribution in [1.29, 1.82) is 0 Å².